The highest BCUT2D eigenvalue weighted by molar-refractivity contribution is 5.86. The monoisotopic (exact) mass is 131 g/mol. The fourth-order valence-electron chi connectivity index (χ4n) is 0.235. The number of hydrogen-bond acceptors (Lipinski definition) is 3. The smallest absolute Gasteiger partial charge is 0.332 e. The van der Waals surface area contributed by atoms with Gasteiger partial charge in [0.2, 0.25) is 0 Å². The van der Waals surface area contributed by atoms with Gasteiger partial charge in [0.05, 0.1) is 13.7 Å². The quantitative estimate of drug-likeness (QED) is 0.409. The summed E-state index contributed by atoms with van der Waals surface area (Å²) in [5.74, 6) is -1.01. The molecular formula is C5H9NO3. The van der Waals surface area contributed by atoms with Crippen molar-refractivity contribution in [3.8, 4) is 0 Å². The predicted molar refractivity (Wildman–Crippen MR) is 31.8 cm³/mol. The Bertz CT molecular complexity index is 121. The zero-order valence-electron chi connectivity index (χ0n) is 5.18. The Morgan fingerprint density at radius 3 is 2.78 bits per heavy atom. The first-order chi connectivity index (χ1) is 4.18. The molecule has 0 radical (unpaired) electrons. The third-order valence-corrected chi connectivity index (χ3v) is 0.732. The first-order valence-corrected chi connectivity index (χ1v) is 2.35. The molecular weight excluding hydrogens is 122 g/mol. The number of aliphatic carboxylic acids is 1. The molecule has 0 spiro atoms. The molecule has 0 rings (SSSR count). The second kappa shape index (κ2) is 4.05. The molecule has 4 heteroatoms. The van der Waals surface area contributed by atoms with E-state index in [1.165, 1.54) is 7.11 Å². The number of hydrogen-bond donors (Lipinski definition) is 2. The van der Waals surface area contributed by atoms with Crippen molar-refractivity contribution in [3.05, 3.63) is 12.2 Å². The van der Waals surface area contributed by atoms with Gasteiger partial charge in [0.15, 0.2) is 0 Å². The second-order valence-electron chi connectivity index (χ2n) is 1.43. The normalized spacial score (nSPS) is 9.00. The Hall–Kier alpha value is -0.870. The molecule has 0 aromatic rings. The maximum Gasteiger partial charge on any atom is 0.332 e. The molecule has 2 N–H and O–H groups in total. The molecule has 0 fully saturated rings. The van der Waals surface area contributed by atoms with Crippen LogP contribution in [0, 0.1) is 0 Å². The summed E-state index contributed by atoms with van der Waals surface area (Å²) in [4.78, 5) is 14.4. The summed E-state index contributed by atoms with van der Waals surface area (Å²) < 4.78 is 0. The Morgan fingerprint density at radius 1 is 1.89 bits per heavy atom. The minimum Gasteiger partial charge on any atom is -0.478 e. The Labute approximate surface area is 53.1 Å². The largest absolute Gasteiger partial charge is 0.478 e. The Balaban J connectivity index is 3.39. The topological polar surface area (TPSA) is 58.6 Å². The highest BCUT2D eigenvalue weighted by Gasteiger charge is 2.00. The van der Waals surface area contributed by atoms with E-state index in [0.29, 0.717) is 0 Å². The van der Waals surface area contributed by atoms with Crippen LogP contribution < -0.4 is 5.48 Å². The standard InChI is InChI=1S/C5H9NO3/c1-4(5(7)8)3-6-9-2/h6H,1,3H2,2H3,(H,7,8). The fraction of sp³-hybridized carbons (Fsp3) is 0.400. The summed E-state index contributed by atoms with van der Waals surface area (Å²) in [5.41, 5.74) is 2.43. The van der Waals surface area contributed by atoms with E-state index in [9.17, 15) is 4.79 Å². The molecule has 0 aliphatic carbocycles. The molecule has 0 aromatic heterocycles. The van der Waals surface area contributed by atoms with Gasteiger partial charge in [-0.1, -0.05) is 6.58 Å². The molecule has 9 heavy (non-hydrogen) atoms. The van der Waals surface area contributed by atoms with Gasteiger partial charge in [-0.05, 0) is 0 Å². The fourth-order valence-corrected chi connectivity index (χ4v) is 0.235. The van der Waals surface area contributed by atoms with E-state index in [1.807, 2.05) is 0 Å². The van der Waals surface area contributed by atoms with Crippen molar-refractivity contribution in [1.82, 2.24) is 5.48 Å². The molecule has 0 unspecified atom stereocenters. The third-order valence-electron chi connectivity index (χ3n) is 0.732. The van der Waals surface area contributed by atoms with E-state index < -0.39 is 5.97 Å². The average Bonchev–Trinajstić information content (AvgIpc) is 1.82. The van der Waals surface area contributed by atoms with Crippen molar-refractivity contribution < 1.29 is 14.7 Å². The summed E-state index contributed by atoms with van der Waals surface area (Å²) in [7, 11) is 1.41. The maximum absolute atomic E-state index is 10.0. The van der Waals surface area contributed by atoms with Gasteiger partial charge in [0, 0.05) is 5.57 Å². The van der Waals surface area contributed by atoms with Crippen molar-refractivity contribution in [2.24, 2.45) is 0 Å². The molecule has 52 valence electrons. The van der Waals surface area contributed by atoms with Crippen LogP contribution in [0.4, 0.5) is 0 Å². The van der Waals surface area contributed by atoms with Crippen LogP contribution in [0.15, 0.2) is 12.2 Å². The lowest BCUT2D eigenvalue weighted by Crippen LogP contribution is -2.18. The predicted octanol–water partition coefficient (Wildman–Crippen LogP) is -0.222. The first-order valence-electron chi connectivity index (χ1n) is 2.35. The number of nitrogens with one attached hydrogen (secondary N) is 1. The van der Waals surface area contributed by atoms with Crippen molar-refractivity contribution >= 4 is 5.97 Å². The summed E-state index contributed by atoms with van der Waals surface area (Å²) in [6, 6.07) is 0. The first kappa shape index (κ1) is 8.13. The Kier molecular flexibility index (Phi) is 3.66. The van der Waals surface area contributed by atoms with Gasteiger partial charge in [-0.3, -0.25) is 0 Å². The van der Waals surface area contributed by atoms with Gasteiger partial charge >= 0.3 is 5.97 Å². The number of carboxylic acids is 1. The van der Waals surface area contributed by atoms with E-state index in [2.05, 4.69) is 16.9 Å². The van der Waals surface area contributed by atoms with Crippen molar-refractivity contribution in [2.75, 3.05) is 13.7 Å². The molecule has 0 atom stereocenters. The number of carboxylic acid groups (broad SMARTS) is 1. The minimum atomic E-state index is -1.01. The minimum absolute atomic E-state index is 0.0804. The van der Waals surface area contributed by atoms with E-state index >= 15 is 0 Å². The summed E-state index contributed by atoms with van der Waals surface area (Å²) in [6.07, 6.45) is 0. The van der Waals surface area contributed by atoms with Gasteiger partial charge < -0.3 is 9.94 Å². The number of rotatable bonds is 4. The number of carbonyl (C=O) groups is 1. The molecule has 0 aliphatic heterocycles. The van der Waals surface area contributed by atoms with Crippen LogP contribution in [0.3, 0.4) is 0 Å². The molecule has 0 saturated carbocycles. The van der Waals surface area contributed by atoms with E-state index in [1.54, 1.807) is 0 Å². The maximum atomic E-state index is 10.0. The van der Waals surface area contributed by atoms with Gasteiger partial charge in [0.1, 0.15) is 0 Å². The average molecular weight is 131 g/mol. The zero-order valence-corrected chi connectivity index (χ0v) is 5.18. The summed E-state index contributed by atoms with van der Waals surface area (Å²) >= 11 is 0. The lowest BCUT2D eigenvalue weighted by molar-refractivity contribution is -0.132. The molecule has 4 nitrogen and oxygen atoms in total. The van der Waals surface area contributed by atoms with Crippen LogP contribution in [-0.2, 0) is 9.63 Å². The zero-order chi connectivity index (χ0) is 7.28. The van der Waals surface area contributed by atoms with Crippen LogP contribution in [0.1, 0.15) is 0 Å². The van der Waals surface area contributed by atoms with Gasteiger partial charge in [-0.2, -0.15) is 5.48 Å². The van der Waals surface area contributed by atoms with Crippen LogP contribution in [-0.4, -0.2) is 24.7 Å². The SMILES string of the molecule is C=C(CNOC)C(=O)O. The molecule has 0 amide bonds. The highest BCUT2D eigenvalue weighted by Crippen LogP contribution is 1.84. The molecule has 0 heterocycles. The van der Waals surface area contributed by atoms with Crippen LogP contribution in [0.5, 0.6) is 0 Å². The Morgan fingerprint density at radius 2 is 2.44 bits per heavy atom. The third kappa shape index (κ3) is 3.69. The summed E-state index contributed by atoms with van der Waals surface area (Å²) in [5, 5.41) is 8.21. The van der Waals surface area contributed by atoms with E-state index in [-0.39, 0.29) is 12.1 Å². The van der Waals surface area contributed by atoms with Crippen molar-refractivity contribution in [1.29, 1.82) is 0 Å². The highest BCUT2D eigenvalue weighted by atomic mass is 16.6. The van der Waals surface area contributed by atoms with Gasteiger partial charge in [-0.15, -0.1) is 0 Å². The van der Waals surface area contributed by atoms with Crippen LogP contribution in [0.25, 0.3) is 0 Å². The molecule has 0 bridgehead atoms. The van der Waals surface area contributed by atoms with Gasteiger partial charge in [0.25, 0.3) is 0 Å². The lowest BCUT2D eigenvalue weighted by atomic mass is 10.3. The van der Waals surface area contributed by atoms with Gasteiger partial charge in [-0.25, -0.2) is 4.79 Å². The molecule has 0 aromatic carbocycles. The van der Waals surface area contributed by atoms with E-state index in [4.69, 9.17) is 5.11 Å². The molecule has 0 saturated heterocycles. The van der Waals surface area contributed by atoms with Crippen molar-refractivity contribution in [2.45, 2.75) is 0 Å². The van der Waals surface area contributed by atoms with Crippen LogP contribution in [0.2, 0.25) is 0 Å². The van der Waals surface area contributed by atoms with Crippen molar-refractivity contribution in [3.63, 3.8) is 0 Å². The van der Waals surface area contributed by atoms with Crippen LogP contribution >= 0.6 is 0 Å². The second-order valence-corrected chi connectivity index (χ2v) is 1.43. The number of hydroxylamine groups is 1. The summed E-state index contributed by atoms with van der Waals surface area (Å²) in [6.45, 7) is 3.39. The lowest BCUT2D eigenvalue weighted by Gasteiger charge is -1.98. The molecule has 0 aliphatic rings. The van der Waals surface area contributed by atoms with E-state index in [0.717, 1.165) is 0 Å².